The molecule has 0 spiro atoms. The number of aryl methyl sites for hydroxylation is 1. The Morgan fingerprint density at radius 2 is 2.33 bits per heavy atom. The third kappa shape index (κ3) is 8.13. The molecular weight excluding hydrogens is 437 g/mol. The van der Waals surface area contributed by atoms with E-state index < -0.39 is 0 Å². The van der Waals surface area contributed by atoms with E-state index in [0.29, 0.717) is 25.4 Å². The molecule has 5 nitrogen and oxygen atoms in total. The zero-order chi connectivity index (χ0) is 16.5. The van der Waals surface area contributed by atoms with E-state index in [1.165, 1.54) is 9.75 Å². The van der Waals surface area contributed by atoms with Crippen molar-refractivity contribution in [2.24, 2.45) is 4.99 Å². The normalized spacial score (nSPS) is 19.0. The summed E-state index contributed by atoms with van der Waals surface area (Å²) in [6.07, 6.45) is 3.58. The lowest BCUT2D eigenvalue weighted by Gasteiger charge is -2.17. The molecular formula is C17H30IN3O2S. The van der Waals surface area contributed by atoms with E-state index in [0.717, 1.165) is 38.4 Å². The predicted molar refractivity (Wildman–Crippen MR) is 112 cm³/mol. The van der Waals surface area contributed by atoms with Crippen molar-refractivity contribution in [1.82, 2.24) is 10.6 Å². The molecule has 1 aromatic heterocycles. The van der Waals surface area contributed by atoms with E-state index in [1.807, 2.05) is 11.3 Å². The number of ether oxygens (including phenoxy) is 2. The van der Waals surface area contributed by atoms with Gasteiger partial charge in [-0.1, -0.05) is 0 Å². The second kappa shape index (κ2) is 12.1. The quantitative estimate of drug-likeness (QED) is 0.267. The van der Waals surface area contributed by atoms with Gasteiger partial charge in [-0.3, -0.25) is 4.99 Å². The fourth-order valence-corrected chi connectivity index (χ4v) is 3.63. The molecule has 2 atom stereocenters. The first kappa shape index (κ1) is 21.7. The number of aliphatic imine (C=N–C) groups is 1. The van der Waals surface area contributed by atoms with Gasteiger partial charge in [0.15, 0.2) is 5.96 Å². The summed E-state index contributed by atoms with van der Waals surface area (Å²) < 4.78 is 11.2. The van der Waals surface area contributed by atoms with Gasteiger partial charge in [0.2, 0.25) is 0 Å². The smallest absolute Gasteiger partial charge is 0.191 e. The topological polar surface area (TPSA) is 54.9 Å². The molecule has 138 valence electrons. The standard InChI is InChI=1S/C17H29N3O2S.HI/c1-13(11-16-7-6-14(2)23-16)20-17(18-3)19-8-10-21-12-15-5-4-9-22-15;/h6-7,13,15H,4-5,8-12H2,1-3H3,(H2,18,19,20);1H. The highest BCUT2D eigenvalue weighted by Gasteiger charge is 2.15. The lowest BCUT2D eigenvalue weighted by Crippen LogP contribution is -2.44. The van der Waals surface area contributed by atoms with Gasteiger partial charge in [0.05, 0.1) is 19.3 Å². The lowest BCUT2D eigenvalue weighted by molar-refractivity contribution is 0.0191. The fourth-order valence-electron chi connectivity index (χ4n) is 2.61. The van der Waals surface area contributed by atoms with Crippen molar-refractivity contribution in [2.75, 3.05) is 33.4 Å². The van der Waals surface area contributed by atoms with Gasteiger partial charge in [-0.2, -0.15) is 0 Å². The molecule has 1 aromatic rings. The number of nitrogens with zero attached hydrogens (tertiary/aromatic N) is 1. The molecule has 2 heterocycles. The Morgan fingerprint density at radius 1 is 1.50 bits per heavy atom. The molecule has 2 unspecified atom stereocenters. The summed E-state index contributed by atoms with van der Waals surface area (Å²) in [6, 6.07) is 4.71. The van der Waals surface area contributed by atoms with Gasteiger partial charge in [-0.05, 0) is 38.8 Å². The van der Waals surface area contributed by atoms with Gasteiger partial charge in [-0.25, -0.2) is 0 Å². The Labute approximate surface area is 166 Å². The van der Waals surface area contributed by atoms with Crippen LogP contribution in [0.5, 0.6) is 0 Å². The van der Waals surface area contributed by atoms with E-state index in [4.69, 9.17) is 9.47 Å². The monoisotopic (exact) mass is 467 g/mol. The molecule has 0 aliphatic carbocycles. The highest BCUT2D eigenvalue weighted by atomic mass is 127. The summed E-state index contributed by atoms with van der Waals surface area (Å²) in [5, 5.41) is 6.71. The molecule has 2 rings (SSSR count). The highest BCUT2D eigenvalue weighted by Crippen LogP contribution is 2.16. The van der Waals surface area contributed by atoms with E-state index >= 15 is 0 Å². The van der Waals surface area contributed by atoms with Crippen molar-refractivity contribution in [3.63, 3.8) is 0 Å². The Morgan fingerprint density at radius 3 is 2.96 bits per heavy atom. The van der Waals surface area contributed by atoms with Gasteiger partial charge < -0.3 is 20.1 Å². The maximum atomic E-state index is 5.65. The number of thiophene rings is 1. The number of nitrogens with one attached hydrogen (secondary N) is 2. The third-order valence-electron chi connectivity index (χ3n) is 3.78. The van der Waals surface area contributed by atoms with Gasteiger partial charge in [-0.15, -0.1) is 35.3 Å². The Balaban J connectivity index is 0.00000288. The fraction of sp³-hybridized carbons (Fsp3) is 0.706. The van der Waals surface area contributed by atoms with E-state index in [1.54, 1.807) is 7.05 Å². The molecule has 2 N–H and O–H groups in total. The summed E-state index contributed by atoms with van der Waals surface area (Å²) >= 11 is 1.86. The zero-order valence-electron chi connectivity index (χ0n) is 14.8. The van der Waals surface area contributed by atoms with Gasteiger partial charge in [0.25, 0.3) is 0 Å². The average Bonchev–Trinajstić information content (AvgIpc) is 3.17. The molecule has 1 fully saturated rings. The van der Waals surface area contributed by atoms with Crippen LogP contribution in [-0.4, -0.2) is 51.5 Å². The molecule has 1 aliphatic rings. The van der Waals surface area contributed by atoms with Crippen LogP contribution in [0.1, 0.15) is 29.5 Å². The Hall–Kier alpha value is -0.380. The first-order valence-corrected chi connectivity index (χ1v) is 9.21. The molecule has 0 saturated carbocycles. The van der Waals surface area contributed by atoms with Crippen molar-refractivity contribution in [3.8, 4) is 0 Å². The van der Waals surface area contributed by atoms with Crippen LogP contribution in [0.25, 0.3) is 0 Å². The lowest BCUT2D eigenvalue weighted by atomic mass is 10.2. The van der Waals surface area contributed by atoms with Crippen LogP contribution >= 0.6 is 35.3 Å². The SMILES string of the molecule is CN=C(NCCOCC1CCCO1)NC(C)Cc1ccc(C)s1.I. The third-order valence-corrected chi connectivity index (χ3v) is 4.80. The molecule has 0 aromatic carbocycles. The van der Waals surface area contributed by atoms with Crippen LogP contribution < -0.4 is 10.6 Å². The van der Waals surface area contributed by atoms with E-state index in [-0.39, 0.29) is 24.0 Å². The van der Waals surface area contributed by atoms with Crippen molar-refractivity contribution < 1.29 is 9.47 Å². The summed E-state index contributed by atoms with van der Waals surface area (Å²) in [7, 11) is 1.80. The van der Waals surface area contributed by atoms with Crippen molar-refractivity contribution >= 4 is 41.3 Å². The van der Waals surface area contributed by atoms with Crippen LogP contribution in [0.3, 0.4) is 0 Å². The molecule has 1 saturated heterocycles. The molecule has 24 heavy (non-hydrogen) atoms. The van der Waals surface area contributed by atoms with Crippen LogP contribution in [0.15, 0.2) is 17.1 Å². The number of guanidine groups is 1. The molecule has 7 heteroatoms. The molecule has 0 radical (unpaired) electrons. The van der Waals surface area contributed by atoms with Crippen LogP contribution in [-0.2, 0) is 15.9 Å². The summed E-state index contributed by atoms with van der Waals surface area (Å²) in [6.45, 7) is 7.31. The highest BCUT2D eigenvalue weighted by molar-refractivity contribution is 14.0. The van der Waals surface area contributed by atoms with E-state index in [9.17, 15) is 0 Å². The first-order chi connectivity index (χ1) is 11.2. The first-order valence-electron chi connectivity index (χ1n) is 8.39. The zero-order valence-corrected chi connectivity index (χ0v) is 18.0. The maximum absolute atomic E-state index is 5.65. The molecule has 1 aliphatic heterocycles. The average molecular weight is 467 g/mol. The molecule has 0 amide bonds. The van der Waals surface area contributed by atoms with Crippen LogP contribution in [0.4, 0.5) is 0 Å². The minimum Gasteiger partial charge on any atom is -0.377 e. The number of rotatable bonds is 8. The summed E-state index contributed by atoms with van der Waals surface area (Å²) in [5.41, 5.74) is 0. The van der Waals surface area contributed by atoms with Crippen molar-refractivity contribution in [1.29, 1.82) is 0 Å². The van der Waals surface area contributed by atoms with Gasteiger partial charge >= 0.3 is 0 Å². The second-order valence-electron chi connectivity index (χ2n) is 5.97. The Bertz CT molecular complexity index is 490. The predicted octanol–water partition coefficient (Wildman–Crippen LogP) is 2.97. The van der Waals surface area contributed by atoms with Crippen molar-refractivity contribution in [2.45, 2.75) is 45.3 Å². The largest absolute Gasteiger partial charge is 0.377 e. The van der Waals surface area contributed by atoms with Crippen LogP contribution in [0.2, 0.25) is 0 Å². The summed E-state index contributed by atoms with van der Waals surface area (Å²) in [5.74, 6) is 0.825. The Kier molecular flexibility index (Phi) is 10.9. The maximum Gasteiger partial charge on any atom is 0.191 e. The second-order valence-corrected chi connectivity index (χ2v) is 7.34. The number of hydrogen-bond donors (Lipinski definition) is 2. The minimum absolute atomic E-state index is 0. The minimum atomic E-state index is 0. The van der Waals surface area contributed by atoms with E-state index in [2.05, 4.69) is 41.6 Å². The van der Waals surface area contributed by atoms with Gasteiger partial charge in [0, 0.05) is 42.4 Å². The van der Waals surface area contributed by atoms with Crippen molar-refractivity contribution in [3.05, 3.63) is 21.9 Å². The summed E-state index contributed by atoms with van der Waals surface area (Å²) in [4.78, 5) is 7.03. The molecule has 0 bridgehead atoms. The number of hydrogen-bond acceptors (Lipinski definition) is 4. The van der Waals surface area contributed by atoms with Crippen LogP contribution in [0, 0.1) is 6.92 Å². The van der Waals surface area contributed by atoms with Gasteiger partial charge in [0.1, 0.15) is 0 Å². The number of halogens is 1.